The monoisotopic (exact) mass is 310 g/mol. The Kier molecular flexibility index (Phi) is 3.76. The summed E-state index contributed by atoms with van der Waals surface area (Å²) < 4.78 is 13.7. The van der Waals surface area contributed by atoms with Gasteiger partial charge in [-0.1, -0.05) is 12.1 Å². The Morgan fingerprint density at radius 1 is 1.33 bits per heavy atom. The van der Waals surface area contributed by atoms with Crippen LogP contribution in [0.25, 0.3) is 0 Å². The molecule has 2 N–H and O–H groups in total. The first kappa shape index (κ1) is 12.8. The minimum atomic E-state index is -0.254. The van der Waals surface area contributed by atoms with Crippen LogP contribution in [0.1, 0.15) is 5.56 Å². The molecular weight excluding hydrogens is 299 g/mol. The van der Waals surface area contributed by atoms with Gasteiger partial charge in [-0.25, -0.2) is 9.37 Å². The molecule has 0 fully saturated rings. The highest BCUT2D eigenvalue weighted by Crippen LogP contribution is 2.16. The SMILES string of the molecule is CN(Cc1cccc(F)c1)c1nc(N)cc(Br)n1. The molecule has 0 atom stereocenters. The third kappa shape index (κ3) is 3.16. The van der Waals surface area contributed by atoms with Gasteiger partial charge in [0, 0.05) is 19.7 Å². The van der Waals surface area contributed by atoms with Crippen LogP contribution in [0.3, 0.4) is 0 Å². The number of hydrogen-bond donors (Lipinski definition) is 1. The van der Waals surface area contributed by atoms with E-state index in [1.54, 1.807) is 17.0 Å². The molecule has 1 heterocycles. The van der Waals surface area contributed by atoms with Gasteiger partial charge >= 0.3 is 0 Å². The molecule has 2 aromatic rings. The molecule has 0 unspecified atom stereocenters. The van der Waals surface area contributed by atoms with E-state index in [0.29, 0.717) is 22.9 Å². The van der Waals surface area contributed by atoms with Crippen LogP contribution in [-0.4, -0.2) is 17.0 Å². The van der Waals surface area contributed by atoms with E-state index in [4.69, 9.17) is 5.73 Å². The Labute approximate surface area is 113 Å². The second-order valence-electron chi connectivity index (χ2n) is 3.90. The van der Waals surface area contributed by atoms with Gasteiger partial charge in [0.1, 0.15) is 16.2 Å². The minimum absolute atomic E-state index is 0.254. The summed E-state index contributed by atoms with van der Waals surface area (Å²) in [5.74, 6) is 0.625. The Morgan fingerprint density at radius 3 is 2.78 bits per heavy atom. The van der Waals surface area contributed by atoms with Crippen molar-refractivity contribution in [2.45, 2.75) is 6.54 Å². The molecule has 0 aliphatic carbocycles. The molecule has 0 saturated carbocycles. The number of anilines is 2. The first-order valence-electron chi connectivity index (χ1n) is 5.30. The summed E-state index contributed by atoms with van der Waals surface area (Å²) >= 11 is 3.26. The summed E-state index contributed by atoms with van der Waals surface area (Å²) in [6, 6.07) is 8.05. The molecule has 94 valence electrons. The maximum Gasteiger partial charge on any atom is 0.228 e. The van der Waals surface area contributed by atoms with Crippen LogP contribution in [0.4, 0.5) is 16.2 Å². The molecule has 1 aromatic heterocycles. The molecule has 0 bridgehead atoms. The molecule has 1 aromatic carbocycles. The van der Waals surface area contributed by atoms with Crippen LogP contribution in [0.15, 0.2) is 34.9 Å². The quantitative estimate of drug-likeness (QED) is 0.885. The van der Waals surface area contributed by atoms with Crippen LogP contribution >= 0.6 is 15.9 Å². The summed E-state index contributed by atoms with van der Waals surface area (Å²) in [7, 11) is 1.83. The van der Waals surface area contributed by atoms with E-state index in [2.05, 4.69) is 25.9 Å². The predicted octanol–water partition coefficient (Wildman–Crippen LogP) is 2.60. The Morgan fingerprint density at radius 2 is 2.11 bits per heavy atom. The molecule has 2 rings (SSSR count). The van der Waals surface area contributed by atoms with E-state index in [9.17, 15) is 4.39 Å². The number of hydrogen-bond acceptors (Lipinski definition) is 4. The Hall–Kier alpha value is -1.69. The van der Waals surface area contributed by atoms with Gasteiger partial charge < -0.3 is 10.6 Å². The number of halogens is 2. The molecule has 18 heavy (non-hydrogen) atoms. The van der Waals surface area contributed by atoms with Crippen molar-refractivity contribution >= 4 is 27.7 Å². The third-order valence-corrected chi connectivity index (χ3v) is 2.76. The van der Waals surface area contributed by atoms with Gasteiger partial charge in [0.15, 0.2) is 0 Å². The van der Waals surface area contributed by atoms with Gasteiger partial charge in [-0.2, -0.15) is 4.98 Å². The van der Waals surface area contributed by atoms with Crippen molar-refractivity contribution in [1.29, 1.82) is 0 Å². The average molecular weight is 311 g/mol. The number of benzene rings is 1. The van der Waals surface area contributed by atoms with Gasteiger partial charge in [0.25, 0.3) is 0 Å². The van der Waals surface area contributed by atoms with Crippen LogP contribution in [0.5, 0.6) is 0 Å². The van der Waals surface area contributed by atoms with E-state index < -0.39 is 0 Å². The molecule has 6 heteroatoms. The fraction of sp³-hybridized carbons (Fsp3) is 0.167. The lowest BCUT2D eigenvalue weighted by atomic mass is 10.2. The van der Waals surface area contributed by atoms with Crippen LogP contribution in [0, 0.1) is 5.82 Å². The lowest BCUT2D eigenvalue weighted by Crippen LogP contribution is -2.19. The van der Waals surface area contributed by atoms with E-state index in [0.717, 1.165) is 5.56 Å². The van der Waals surface area contributed by atoms with Crippen molar-refractivity contribution in [3.05, 3.63) is 46.3 Å². The summed E-state index contributed by atoms with van der Waals surface area (Å²) in [5, 5.41) is 0. The largest absolute Gasteiger partial charge is 0.383 e. The molecule has 0 radical (unpaired) electrons. The standard InChI is InChI=1S/C12H12BrFN4/c1-18(7-8-3-2-4-9(14)5-8)12-16-10(13)6-11(15)17-12/h2-6H,7H2,1H3,(H2,15,16,17). The number of rotatable bonds is 3. The minimum Gasteiger partial charge on any atom is -0.383 e. The Balaban J connectivity index is 2.19. The number of nitrogen functional groups attached to an aromatic ring is 1. The topological polar surface area (TPSA) is 55.0 Å². The molecule has 0 amide bonds. The lowest BCUT2D eigenvalue weighted by molar-refractivity contribution is 0.625. The fourth-order valence-corrected chi connectivity index (χ4v) is 1.97. The molecular formula is C12H12BrFN4. The van der Waals surface area contributed by atoms with Crippen molar-refractivity contribution < 1.29 is 4.39 Å². The van der Waals surface area contributed by atoms with Crippen LogP contribution < -0.4 is 10.6 Å². The molecule has 0 aliphatic heterocycles. The van der Waals surface area contributed by atoms with Crippen LogP contribution in [-0.2, 0) is 6.54 Å². The van der Waals surface area contributed by atoms with E-state index >= 15 is 0 Å². The fourth-order valence-electron chi connectivity index (χ4n) is 1.57. The van der Waals surface area contributed by atoms with Gasteiger partial charge in [0.05, 0.1) is 0 Å². The summed E-state index contributed by atoms with van der Waals surface area (Å²) in [5.41, 5.74) is 6.49. The van der Waals surface area contributed by atoms with Crippen molar-refractivity contribution in [2.24, 2.45) is 0 Å². The second-order valence-corrected chi connectivity index (χ2v) is 4.71. The average Bonchev–Trinajstić information content (AvgIpc) is 2.27. The normalized spacial score (nSPS) is 10.4. The third-order valence-electron chi connectivity index (χ3n) is 2.35. The molecule has 4 nitrogen and oxygen atoms in total. The van der Waals surface area contributed by atoms with Gasteiger partial charge in [-0.3, -0.25) is 0 Å². The molecule has 0 spiro atoms. The van der Waals surface area contributed by atoms with Crippen molar-refractivity contribution in [1.82, 2.24) is 9.97 Å². The number of nitrogens with two attached hydrogens (primary N) is 1. The highest BCUT2D eigenvalue weighted by Gasteiger charge is 2.07. The highest BCUT2D eigenvalue weighted by molar-refractivity contribution is 9.10. The van der Waals surface area contributed by atoms with Gasteiger partial charge in [-0.15, -0.1) is 0 Å². The van der Waals surface area contributed by atoms with E-state index in [1.165, 1.54) is 12.1 Å². The van der Waals surface area contributed by atoms with Crippen molar-refractivity contribution in [3.8, 4) is 0 Å². The second kappa shape index (κ2) is 5.30. The smallest absolute Gasteiger partial charge is 0.228 e. The van der Waals surface area contributed by atoms with Crippen molar-refractivity contribution in [3.63, 3.8) is 0 Å². The molecule has 0 aliphatic rings. The number of nitrogens with zero attached hydrogens (tertiary/aromatic N) is 3. The summed E-state index contributed by atoms with van der Waals surface area (Å²) in [4.78, 5) is 10.1. The zero-order valence-corrected chi connectivity index (χ0v) is 11.4. The Bertz CT molecular complexity index is 541. The van der Waals surface area contributed by atoms with E-state index in [1.807, 2.05) is 13.1 Å². The van der Waals surface area contributed by atoms with Gasteiger partial charge in [-0.05, 0) is 33.6 Å². The maximum absolute atomic E-state index is 13.1. The maximum atomic E-state index is 13.1. The van der Waals surface area contributed by atoms with Crippen molar-refractivity contribution in [2.75, 3.05) is 17.7 Å². The van der Waals surface area contributed by atoms with E-state index in [-0.39, 0.29) is 5.82 Å². The molecule has 0 saturated heterocycles. The summed E-state index contributed by atoms with van der Waals surface area (Å²) in [6.07, 6.45) is 0. The zero-order chi connectivity index (χ0) is 13.1. The first-order valence-corrected chi connectivity index (χ1v) is 6.09. The lowest BCUT2D eigenvalue weighted by Gasteiger charge is -2.17. The predicted molar refractivity (Wildman–Crippen MR) is 72.7 cm³/mol. The summed E-state index contributed by atoms with van der Waals surface area (Å²) in [6.45, 7) is 0.508. The number of aromatic nitrogens is 2. The zero-order valence-electron chi connectivity index (χ0n) is 9.77. The van der Waals surface area contributed by atoms with Crippen LogP contribution in [0.2, 0.25) is 0 Å². The van der Waals surface area contributed by atoms with Gasteiger partial charge in [0.2, 0.25) is 5.95 Å². The first-order chi connectivity index (χ1) is 8.54. The highest BCUT2D eigenvalue weighted by atomic mass is 79.9.